The van der Waals surface area contributed by atoms with E-state index in [2.05, 4.69) is 15.5 Å². The van der Waals surface area contributed by atoms with Gasteiger partial charge in [-0.25, -0.2) is 4.39 Å². The van der Waals surface area contributed by atoms with Crippen molar-refractivity contribution < 1.29 is 18.7 Å². The van der Waals surface area contributed by atoms with Crippen molar-refractivity contribution >= 4 is 23.4 Å². The summed E-state index contributed by atoms with van der Waals surface area (Å²) in [6.45, 7) is 0.0133. The summed E-state index contributed by atoms with van der Waals surface area (Å²) >= 11 is 1.24. The Labute approximate surface area is 194 Å². The lowest BCUT2D eigenvalue weighted by Crippen LogP contribution is -2.15. The number of hydrogen-bond acceptors (Lipinski definition) is 6. The van der Waals surface area contributed by atoms with Crippen LogP contribution < -0.4 is 14.8 Å². The third kappa shape index (κ3) is 5.69. The van der Waals surface area contributed by atoms with Gasteiger partial charge in [-0.05, 0) is 36.4 Å². The summed E-state index contributed by atoms with van der Waals surface area (Å²) in [7, 11) is 1.57. The number of thioether (sulfide) groups is 1. The van der Waals surface area contributed by atoms with Gasteiger partial charge in [0.15, 0.2) is 22.5 Å². The summed E-state index contributed by atoms with van der Waals surface area (Å²) in [6.07, 6.45) is 0. The van der Waals surface area contributed by atoms with Crippen LogP contribution in [0.15, 0.2) is 84.0 Å². The maximum Gasteiger partial charge on any atom is 0.234 e. The molecular weight excluding hydrogens is 443 g/mol. The van der Waals surface area contributed by atoms with Gasteiger partial charge in [-0.2, -0.15) is 0 Å². The number of hydrogen-bond donors (Lipinski definition) is 1. The van der Waals surface area contributed by atoms with Gasteiger partial charge in [-0.3, -0.25) is 9.36 Å². The molecule has 1 heterocycles. The standard InChI is InChI=1S/C24H21FN4O3S/c1-31-19-11-7-8-17(14-19)26-23(30)16-33-24-28-27-22(29(24)18-9-3-2-4-10-18)15-32-21-13-6-5-12-20(21)25/h2-14H,15-16H2,1H3,(H,26,30). The molecular formula is C24H21FN4O3S. The number of para-hydroxylation sites is 2. The van der Waals surface area contributed by atoms with E-state index in [1.165, 1.54) is 17.8 Å². The molecule has 4 rings (SSSR count). The number of methoxy groups -OCH3 is 1. The van der Waals surface area contributed by atoms with Crippen molar-refractivity contribution in [3.05, 3.63) is 90.5 Å². The number of rotatable bonds is 9. The Balaban J connectivity index is 1.49. The zero-order valence-electron chi connectivity index (χ0n) is 17.8. The summed E-state index contributed by atoms with van der Waals surface area (Å²) in [6, 6.07) is 22.8. The first-order chi connectivity index (χ1) is 16.1. The van der Waals surface area contributed by atoms with Gasteiger partial charge < -0.3 is 14.8 Å². The summed E-state index contributed by atoms with van der Waals surface area (Å²) in [4.78, 5) is 12.5. The number of ether oxygens (including phenoxy) is 2. The molecule has 7 nitrogen and oxygen atoms in total. The largest absolute Gasteiger partial charge is 0.497 e. The molecule has 0 aliphatic heterocycles. The molecule has 1 aromatic heterocycles. The lowest BCUT2D eigenvalue weighted by atomic mass is 10.3. The van der Waals surface area contributed by atoms with Gasteiger partial charge in [-0.15, -0.1) is 10.2 Å². The number of aromatic nitrogens is 3. The van der Waals surface area contributed by atoms with Crippen LogP contribution in [0.5, 0.6) is 11.5 Å². The van der Waals surface area contributed by atoms with E-state index in [9.17, 15) is 9.18 Å². The van der Waals surface area contributed by atoms with Crippen LogP contribution in [0, 0.1) is 5.82 Å². The van der Waals surface area contributed by atoms with Crippen molar-refractivity contribution in [3.8, 4) is 17.2 Å². The predicted octanol–water partition coefficient (Wildman–Crippen LogP) is 4.72. The van der Waals surface area contributed by atoms with Crippen molar-refractivity contribution in [1.29, 1.82) is 0 Å². The Morgan fingerprint density at radius 2 is 1.82 bits per heavy atom. The highest BCUT2D eigenvalue weighted by Gasteiger charge is 2.17. The minimum atomic E-state index is -0.452. The Hall–Kier alpha value is -3.85. The Kier molecular flexibility index (Phi) is 7.21. The fourth-order valence-corrected chi connectivity index (χ4v) is 3.83. The lowest BCUT2D eigenvalue weighted by molar-refractivity contribution is -0.113. The molecule has 1 amide bonds. The minimum absolute atomic E-state index is 0.0133. The van der Waals surface area contributed by atoms with E-state index >= 15 is 0 Å². The summed E-state index contributed by atoms with van der Waals surface area (Å²) in [5, 5.41) is 11.8. The number of amides is 1. The predicted molar refractivity (Wildman–Crippen MR) is 124 cm³/mol. The van der Waals surface area contributed by atoms with E-state index in [4.69, 9.17) is 9.47 Å². The maximum atomic E-state index is 13.9. The van der Waals surface area contributed by atoms with Gasteiger partial charge in [0.25, 0.3) is 0 Å². The van der Waals surface area contributed by atoms with Crippen LogP contribution in [0.1, 0.15) is 5.82 Å². The van der Waals surface area contributed by atoms with Crippen LogP contribution in [0.4, 0.5) is 10.1 Å². The summed E-state index contributed by atoms with van der Waals surface area (Å²) in [5.41, 5.74) is 1.45. The summed E-state index contributed by atoms with van der Waals surface area (Å²) in [5.74, 6) is 0.749. The van der Waals surface area contributed by atoms with Crippen molar-refractivity contribution in [2.24, 2.45) is 0 Å². The molecule has 168 valence electrons. The molecule has 4 aromatic rings. The second-order valence-electron chi connectivity index (χ2n) is 6.86. The van der Waals surface area contributed by atoms with E-state index in [0.717, 1.165) is 5.69 Å². The third-order valence-electron chi connectivity index (χ3n) is 4.59. The molecule has 1 N–H and O–H groups in total. The molecule has 9 heteroatoms. The second-order valence-corrected chi connectivity index (χ2v) is 7.80. The normalized spacial score (nSPS) is 10.6. The fraction of sp³-hybridized carbons (Fsp3) is 0.125. The van der Waals surface area contributed by atoms with E-state index in [1.807, 2.05) is 30.3 Å². The first-order valence-corrected chi connectivity index (χ1v) is 11.1. The molecule has 0 saturated carbocycles. The minimum Gasteiger partial charge on any atom is -0.497 e. The number of halogens is 1. The van der Waals surface area contributed by atoms with Gasteiger partial charge in [-0.1, -0.05) is 48.2 Å². The number of nitrogens with one attached hydrogen (secondary N) is 1. The van der Waals surface area contributed by atoms with Crippen LogP contribution in [0.2, 0.25) is 0 Å². The highest BCUT2D eigenvalue weighted by molar-refractivity contribution is 7.99. The average Bonchev–Trinajstić information content (AvgIpc) is 3.25. The molecule has 3 aromatic carbocycles. The number of nitrogens with zero attached hydrogens (tertiary/aromatic N) is 3. The molecule has 0 atom stereocenters. The number of carbonyl (C=O) groups is 1. The molecule has 0 fully saturated rings. The van der Waals surface area contributed by atoms with Crippen LogP contribution in [-0.2, 0) is 11.4 Å². The van der Waals surface area contributed by atoms with Gasteiger partial charge in [0, 0.05) is 17.4 Å². The molecule has 0 aliphatic rings. The van der Waals surface area contributed by atoms with Gasteiger partial charge in [0.2, 0.25) is 5.91 Å². The smallest absolute Gasteiger partial charge is 0.234 e. The molecule has 0 saturated heterocycles. The SMILES string of the molecule is COc1cccc(NC(=O)CSc2nnc(COc3ccccc3F)n2-c2ccccc2)c1. The van der Waals surface area contributed by atoms with Crippen LogP contribution >= 0.6 is 11.8 Å². The topological polar surface area (TPSA) is 78.3 Å². The van der Waals surface area contributed by atoms with Crippen molar-refractivity contribution in [1.82, 2.24) is 14.8 Å². The monoisotopic (exact) mass is 464 g/mol. The number of anilines is 1. The van der Waals surface area contributed by atoms with Crippen molar-refractivity contribution in [2.45, 2.75) is 11.8 Å². The van der Waals surface area contributed by atoms with E-state index in [1.54, 1.807) is 54.1 Å². The van der Waals surface area contributed by atoms with E-state index < -0.39 is 5.82 Å². The molecule has 0 radical (unpaired) electrons. The third-order valence-corrected chi connectivity index (χ3v) is 5.52. The zero-order valence-corrected chi connectivity index (χ0v) is 18.6. The van der Waals surface area contributed by atoms with Crippen LogP contribution in [0.3, 0.4) is 0 Å². The van der Waals surface area contributed by atoms with E-state index in [0.29, 0.717) is 22.4 Å². The highest BCUT2D eigenvalue weighted by atomic mass is 32.2. The second kappa shape index (κ2) is 10.6. The van der Waals surface area contributed by atoms with Crippen molar-refractivity contribution in [2.75, 3.05) is 18.2 Å². The number of benzene rings is 3. The van der Waals surface area contributed by atoms with Crippen LogP contribution in [0.25, 0.3) is 5.69 Å². The van der Waals surface area contributed by atoms with Crippen molar-refractivity contribution in [3.63, 3.8) is 0 Å². The highest BCUT2D eigenvalue weighted by Crippen LogP contribution is 2.24. The Morgan fingerprint density at radius 3 is 2.61 bits per heavy atom. The van der Waals surface area contributed by atoms with Gasteiger partial charge in [0.1, 0.15) is 12.4 Å². The fourth-order valence-electron chi connectivity index (χ4n) is 3.06. The average molecular weight is 465 g/mol. The summed E-state index contributed by atoms with van der Waals surface area (Å²) < 4.78 is 26.5. The van der Waals surface area contributed by atoms with Crippen LogP contribution in [-0.4, -0.2) is 33.5 Å². The van der Waals surface area contributed by atoms with Gasteiger partial charge >= 0.3 is 0 Å². The molecule has 0 spiro atoms. The maximum absolute atomic E-state index is 13.9. The quantitative estimate of drug-likeness (QED) is 0.361. The first kappa shape index (κ1) is 22.3. The van der Waals surface area contributed by atoms with E-state index in [-0.39, 0.29) is 24.0 Å². The zero-order chi connectivity index (χ0) is 23.0. The Morgan fingerprint density at radius 1 is 1.03 bits per heavy atom. The van der Waals surface area contributed by atoms with Gasteiger partial charge in [0.05, 0.1) is 12.9 Å². The lowest BCUT2D eigenvalue weighted by Gasteiger charge is -2.11. The Bertz CT molecular complexity index is 1230. The number of carbonyl (C=O) groups excluding carboxylic acids is 1. The first-order valence-electron chi connectivity index (χ1n) is 10.1. The molecule has 0 aliphatic carbocycles. The molecule has 0 bridgehead atoms. The molecule has 0 unspecified atom stereocenters. The molecule has 33 heavy (non-hydrogen) atoms.